The smallest absolute Gasteiger partial charge is 0.266 e. The van der Waals surface area contributed by atoms with Crippen molar-refractivity contribution in [3.05, 3.63) is 52.0 Å². The standard InChI is InChI=1S/C21H20FNOS3/c22-15-9-7-14(8-10-15)18-12-11-17(26-18)13-19-20(24)23(21(25)27-19)16-5-3-1-2-4-6-16/h7-13,16H,1-6H2/b19-13-. The normalized spacial score (nSPS) is 20.5. The Hall–Kier alpha value is -1.50. The fourth-order valence-corrected chi connectivity index (χ4v) is 6.06. The van der Waals surface area contributed by atoms with Gasteiger partial charge in [0.15, 0.2) is 0 Å². The first-order chi connectivity index (χ1) is 13.1. The fraction of sp³-hybridized carbons (Fsp3) is 0.333. The molecule has 2 nitrogen and oxygen atoms in total. The summed E-state index contributed by atoms with van der Waals surface area (Å²) in [6.07, 6.45) is 8.89. The molecule has 1 amide bonds. The van der Waals surface area contributed by atoms with Gasteiger partial charge in [0.25, 0.3) is 5.91 Å². The summed E-state index contributed by atoms with van der Waals surface area (Å²) >= 11 is 8.53. The van der Waals surface area contributed by atoms with E-state index >= 15 is 0 Å². The second-order valence-corrected chi connectivity index (χ2v) is 9.70. The van der Waals surface area contributed by atoms with Crippen LogP contribution in [0.3, 0.4) is 0 Å². The number of hydrogen-bond donors (Lipinski definition) is 0. The van der Waals surface area contributed by atoms with Crippen molar-refractivity contribution in [1.29, 1.82) is 0 Å². The molecule has 1 aliphatic carbocycles. The van der Waals surface area contributed by atoms with E-state index in [-0.39, 0.29) is 17.8 Å². The number of amides is 1. The number of rotatable bonds is 3. The highest BCUT2D eigenvalue weighted by Crippen LogP contribution is 2.38. The van der Waals surface area contributed by atoms with Gasteiger partial charge in [-0.25, -0.2) is 4.39 Å². The summed E-state index contributed by atoms with van der Waals surface area (Å²) in [5, 5.41) is 0. The van der Waals surface area contributed by atoms with Crippen LogP contribution in [0.4, 0.5) is 4.39 Å². The number of nitrogens with zero attached hydrogens (tertiary/aromatic N) is 1. The van der Waals surface area contributed by atoms with E-state index in [2.05, 4.69) is 0 Å². The van der Waals surface area contributed by atoms with Crippen molar-refractivity contribution in [2.75, 3.05) is 0 Å². The molecule has 0 N–H and O–H groups in total. The van der Waals surface area contributed by atoms with Crippen LogP contribution in [0.1, 0.15) is 43.4 Å². The Morgan fingerprint density at radius 2 is 1.74 bits per heavy atom. The molecule has 1 saturated carbocycles. The summed E-state index contributed by atoms with van der Waals surface area (Å²) in [4.78, 5) is 17.6. The van der Waals surface area contributed by atoms with Crippen molar-refractivity contribution in [3.63, 3.8) is 0 Å². The van der Waals surface area contributed by atoms with Crippen molar-refractivity contribution in [1.82, 2.24) is 4.90 Å². The molecule has 27 heavy (non-hydrogen) atoms. The lowest BCUT2D eigenvalue weighted by atomic mass is 10.1. The maximum absolute atomic E-state index is 13.1. The van der Waals surface area contributed by atoms with Crippen LogP contribution in [0.5, 0.6) is 0 Å². The first-order valence-electron chi connectivity index (χ1n) is 9.25. The predicted octanol–water partition coefficient (Wildman–Crippen LogP) is 6.48. The van der Waals surface area contributed by atoms with E-state index in [0.717, 1.165) is 28.2 Å². The van der Waals surface area contributed by atoms with Gasteiger partial charge < -0.3 is 0 Å². The average Bonchev–Trinajstić information content (AvgIpc) is 3.10. The Kier molecular flexibility index (Phi) is 5.76. The Morgan fingerprint density at radius 1 is 1.04 bits per heavy atom. The van der Waals surface area contributed by atoms with Gasteiger partial charge in [-0.05, 0) is 48.7 Å². The average molecular weight is 418 g/mol. The van der Waals surface area contributed by atoms with Crippen LogP contribution < -0.4 is 0 Å². The zero-order valence-electron chi connectivity index (χ0n) is 14.8. The van der Waals surface area contributed by atoms with E-state index in [1.807, 2.05) is 23.1 Å². The molecule has 0 atom stereocenters. The van der Waals surface area contributed by atoms with Gasteiger partial charge in [0, 0.05) is 15.8 Å². The second kappa shape index (κ2) is 8.25. The third-order valence-electron chi connectivity index (χ3n) is 5.04. The Labute approximate surface area is 172 Å². The number of halogens is 1. The van der Waals surface area contributed by atoms with Gasteiger partial charge in [-0.1, -0.05) is 61.8 Å². The Bertz CT molecular complexity index is 879. The number of thioether (sulfide) groups is 1. The molecule has 0 spiro atoms. The second-order valence-electron chi connectivity index (χ2n) is 6.91. The molecule has 140 valence electrons. The van der Waals surface area contributed by atoms with E-state index in [0.29, 0.717) is 9.23 Å². The van der Waals surface area contributed by atoms with Crippen LogP contribution in [-0.4, -0.2) is 21.2 Å². The highest BCUT2D eigenvalue weighted by atomic mass is 32.2. The van der Waals surface area contributed by atoms with Crippen LogP contribution in [0.15, 0.2) is 41.3 Å². The third kappa shape index (κ3) is 4.18. The molecule has 1 aliphatic heterocycles. The van der Waals surface area contributed by atoms with Crippen LogP contribution in [0.2, 0.25) is 0 Å². The lowest BCUT2D eigenvalue weighted by molar-refractivity contribution is -0.123. The van der Waals surface area contributed by atoms with Gasteiger partial charge in [-0.2, -0.15) is 0 Å². The molecule has 2 heterocycles. The lowest BCUT2D eigenvalue weighted by Gasteiger charge is -2.25. The Balaban J connectivity index is 1.53. The highest BCUT2D eigenvalue weighted by Gasteiger charge is 2.37. The van der Waals surface area contributed by atoms with Crippen LogP contribution in [0.25, 0.3) is 16.5 Å². The summed E-state index contributed by atoms with van der Waals surface area (Å²) in [7, 11) is 0. The van der Waals surface area contributed by atoms with Crippen LogP contribution >= 0.6 is 35.3 Å². The molecule has 0 bridgehead atoms. The van der Waals surface area contributed by atoms with Gasteiger partial charge in [-0.3, -0.25) is 9.69 Å². The molecule has 2 aromatic rings. The largest absolute Gasteiger partial charge is 0.290 e. The number of thiocarbonyl (C=S) groups is 1. The molecule has 1 aromatic heterocycles. The molecule has 6 heteroatoms. The highest BCUT2D eigenvalue weighted by molar-refractivity contribution is 8.26. The van der Waals surface area contributed by atoms with Crippen LogP contribution in [0, 0.1) is 5.82 Å². The predicted molar refractivity (Wildman–Crippen MR) is 116 cm³/mol. The fourth-order valence-electron chi connectivity index (χ4n) is 3.64. The molecule has 1 saturated heterocycles. The van der Waals surface area contributed by atoms with Crippen molar-refractivity contribution < 1.29 is 9.18 Å². The van der Waals surface area contributed by atoms with Crippen LogP contribution in [-0.2, 0) is 4.79 Å². The topological polar surface area (TPSA) is 20.3 Å². The van der Waals surface area contributed by atoms with Crippen molar-refractivity contribution in [3.8, 4) is 10.4 Å². The number of hydrogen-bond acceptors (Lipinski definition) is 4. The summed E-state index contributed by atoms with van der Waals surface area (Å²) in [5.41, 5.74) is 0.979. The van der Waals surface area contributed by atoms with E-state index in [1.54, 1.807) is 23.5 Å². The zero-order valence-corrected chi connectivity index (χ0v) is 17.3. The van der Waals surface area contributed by atoms with E-state index in [9.17, 15) is 9.18 Å². The quantitative estimate of drug-likeness (QED) is 0.324. The number of benzene rings is 1. The minimum absolute atomic E-state index is 0.0497. The molecule has 2 aliphatic rings. The van der Waals surface area contributed by atoms with Crippen molar-refractivity contribution >= 4 is 51.6 Å². The van der Waals surface area contributed by atoms with Gasteiger partial charge >= 0.3 is 0 Å². The lowest BCUT2D eigenvalue weighted by Crippen LogP contribution is -2.38. The van der Waals surface area contributed by atoms with Gasteiger partial charge in [0.2, 0.25) is 0 Å². The number of carbonyl (C=O) groups is 1. The van der Waals surface area contributed by atoms with Crippen molar-refractivity contribution in [2.24, 2.45) is 0 Å². The molecule has 0 unspecified atom stereocenters. The van der Waals surface area contributed by atoms with Gasteiger partial charge in [0.05, 0.1) is 4.91 Å². The Morgan fingerprint density at radius 3 is 2.44 bits per heavy atom. The SMILES string of the molecule is O=C1/C(=C/c2ccc(-c3ccc(F)cc3)s2)SC(=S)N1C1CCCCCC1. The van der Waals surface area contributed by atoms with Crippen molar-refractivity contribution in [2.45, 2.75) is 44.6 Å². The maximum Gasteiger partial charge on any atom is 0.266 e. The summed E-state index contributed by atoms with van der Waals surface area (Å²) in [6, 6.07) is 10.7. The summed E-state index contributed by atoms with van der Waals surface area (Å²) in [5.74, 6) is -0.189. The molecule has 1 aromatic carbocycles. The molecule has 2 fully saturated rings. The molecule has 4 rings (SSSR count). The minimum atomic E-state index is -0.238. The third-order valence-corrected chi connectivity index (χ3v) is 7.45. The molecule has 0 radical (unpaired) electrons. The summed E-state index contributed by atoms with van der Waals surface area (Å²) in [6.45, 7) is 0. The molecular formula is C21H20FNOS3. The number of thiophene rings is 1. The monoisotopic (exact) mass is 417 g/mol. The first kappa shape index (κ1) is 18.8. The first-order valence-corrected chi connectivity index (χ1v) is 11.3. The van der Waals surface area contributed by atoms with Gasteiger partial charge in [-0.15, -0.1) is 11.3 Å². The zero-order chi connectivity index (χ0) is 18.8. The minimum Gasteiger partial charge on any atom is -0.290 e. The van der Waals surface area contributed by atoms with Gasteiger partial charge in [0.1, 0.15) is 10.1 Å². The summed E-state index contributed by atoms with van der Waals surface area (Å²) < 4.78 is 13.8. The maximum atomic E-state index is 13.1. The van der Waals surface area contributed by atoms with E-state index < -0.39 is 0 Å². The van der Waals surface area contributed by atoms with E-state index in [1.165, 1.54) is 49.6 Å². The molecular weight excluding hydrogens is 397 g/mol. The van der Waals surface area contributed by atoms with E-state index in [4.69, 9.17) is 12.2 Å². The number of carbonyl (C=O) groups excluding carboxylic acids is 1.